The molecular formula is C25H33ClN2O7S. The monoisotopic (exact) mass is 540 g/mol. The predicted molar refractivity (Wildman–Crippen MR) is 137 cm³/mol. The van der Waals surface area contributed by atoms with Crippen molar-refractivity contribution in [2.75, 3.05) is 48.1 Å². The Balaban J connectivity index is 1.74. The van der Waals surface area contributed by atoms with E-state index >= 15 is 0 Å². The van der Waals surface area contributed by atoms with Crippen molar-refractivity contribution in [2.45, 2.75) is 31.2 Å². The zero-order valence-electron chi connectivity index (χ0n) is 21.2. The highest BCUT2D eigenvalue weighted by Gasteiger charge is 2.35. The molecule has 0 N–H and O–H groups in total. The minimum absolute atomic E-state index is 0.0785. The lowest BCUT2D eigenvalue weighted by atomic mass is 9.98. The minimum atomic E-state index is -3.82. The maximum absolute atomic E-state index is 13.3. The second-order valence-electron chi connectivity index (χ2n) is 8.46. The van der Waals surface area contributed by atoms with Crippen LogP contribution in [0.15, 0.2) is 35.2 Å². The fourth-order valence-corrected chi connectivity index (χ4v) is 6.17. The lowest BCUT2D eigenvalue weighted by Gasteiger charge is -2.33. The molecule has 0 bridgehead atoms. The Hall–Kier alpha value is -2.69. The molecule has 2 aromatic rings. The molecule has 1 aliphatic heterocycles. The smallest absolute Gasteiger partial charge is 0.243 e. The van der Waals surface area contributed by atoms with Crippen molar-refractivity contribution in [2.24, 2.45) is 5.92 Å². The number of ether oxygens (including phenoxy) is 4. The van der Waals surface area contributed by atoms with Crippen LogP contribution in [0.5, 0.6) is 23.0 Å². The molecule has 0 radical (unpaired) electrons. The van der Waals surface area contributed by atoms with Crippen LogP contribution in [-0.2, 0) is 21.4 Å². The molecule has 1 saturated heterocycles. The Bertz CT molecular complexity index is 1160. The molecule has 0 unspecified atom stereocenters. The first kappa shape index (κ1) is 27.9. The van der Waals surface area contributed by atoms with E-state index in [1.54, 1.807) is 30.1 Å². The Kier molecular flexibility index (Phi) is 9.32. The van der Waals surface area contributed by atoms with Crippen LogP contribution in [0.1, 0.15) is 25.3 Å². The summed E-state index contributed by atoms with van der Waals surface area (Å²) in [5.41, 5.74) is 0.796. The van der Waals surface area contributed by atoms with Crippen molar-refractivity contribution in [3.05, 3.63) is 40.9 Å². The molecule has 2 aromatic carbocycles. The van der Waals surface area contributed by atoms with Gasteiger partial charge < -0.3 is 23.8 Å². The van der Waals surface area contributed by atoms with Crippen LogP contribution in [0.2, 0.25) is 5.02 Å². The molecule has 36 heavy (non-hydrogen) atoms. The zero-order valence-corrected chi connectivity index (χ0v) is 22.8. The first-order chi connectivity index (χ1) is 17.2. The van der Waals surface area contributed by atoms with Crippen LogP contribution >= 0.6 is 11.6 Å². The van der Waals surface area contributed by atoms with Crippen molar-refractivity contribution >= 4 is 27.5 Å². The number of rotatable bonds is 10. The largest absolute Gasteiger partial charge is 0.493 e. The molecule has 1 fully saturated rings. The number of nitrogens with zero attached hydrogens (tertiary/aromatic N) is 2. The molecule has 0 saturated carbocycles. The number of methoxy groups -OCH3 is 3. The van der Waals surface area contributed by atoms with E-state index in [4.69, 9.17) is 30.5 Å². The van der Waals surface area contributed by atoms with E-state index in [0.29, 0.717) is 55.5 Å². The zero-order chi connectivity index (χ0) is 26.5. The third kappa shape index (κ3) is 5.99. The summed E-state index contributed by atoms with van der Waals surface area (Å²) in [6.07, 6.45) is 1.19. The molecule has 0 aliphatic carbocycles. The fraction of sp³-hybridized carbons (Fsp3) is 0.480. The third-order valence-electron chi connectivity index (χ3n) is 6.09. The number of sulfonamides is 1. The molecule has 11 heteroatoms. The van der Waals surface area contributed by atoms with Gasteiger partial charge in [-0.1, -0.05) is 11.6 Å². The average molecular weight is 541 g/mol. The normalized spacial score (nSPS) is 16.3. The molecule has 9 nitrogen and oxygen atoms in total. The van der Waals surface area contributed by atoms with Gasteiger partial charge in [-0.05, 0) is 55.7 Å². The summed E-state index contributed by atoms with van der Waals surface area (Å²) in [6.45, 7) is 2.99. The highest BCUT2D eigenvalue weighted by Crippen LogP contribution is 2.38. The van der Waals surface area contributed by atoms with E-state index in [2.05, 4.69) is 0 Å². The van der Waals surface area contributed by atoms with Gasteiger partial charge in [0, 0.05) is 26.7 Å². The molecule has 1 aliphatic rings. The highest BCUT2D eigenvalue weighted by molar-refractivity contribution is 7.89. The molecule has 1 heterocycles. The summed E-state index contributed by atoms with van der Waals surface area (Å²) in [7, 11) is 2.47. The van der Waals surface area contributed by atoms with Crippen molar-refractivity contribution in [3.8, 4) is 23.0 Å². The van der Waals surface area contributed by atoms with Crippen LogP contribution in [0.25, 0.3) is 0 Å². The van der Waals surface area contributed by atoms with E-state index in [1.165, 1.54) is 37.8 Å². The van der Waals surface area contributed by atoms with Crippen molar-refractivity contribution < 1.29 is 32.2 Å². The first-order valence-electron chi connectivity index (χ1n) is 11.6. The molecule has 0 aromatic heterocycles. The maximum Gasteiger partial charge on any atom is 0.243 e. The molecular weight excluding hydrogens is 508 g/mol. The lowest BCUT2D eigenvalue weighted by Crippen LogP contribution is -2.45. The number of amides is 1. The second kappa shape index (κ2) is 12.0. The minimum Gasteiger partial charge on any atom is -0.493 e. The van der Waals surface area contributed by atoms with Gasteiger partial charge in [-0.15, -0.1) is 0 Å². The molecule has 1 atom stereocenters. The lowest BCUT2D eigenvalue weighted by molar-refractivity contribution is -0.135. The number of hydrogen-bond donors (Lipinski definition) is 0. The van der Waals surface area contributed by atoms with Gasteiger partial charge in [-0.2, -0.15) is 4.31 Å². The van der Waals surface area contributed by atoms with Gasteiger partial charge in [0.25, 0.3) is 0 Å². The van der Waals surface area contributed by atoms with Crippen LogP contribution in [0.3, 0.4) is 0 Å². The molecule has 198 valence electrons. The summed E-state index contributed by atoms with van der Waals surface area (Å²) in [5, 5.41) is 0.229. The second-order valence-corrected chi connectivity index (χ2v) is 10.8. The van der Waals surface area contributed by atoms with Crippen LogP contribution in [0, 0.1) is 5.92 Å². The quantitative estimate of drug-likeness (QED) is 0.452. The third-order valence-corrected chi connectivity index (χ3v) is 8.25. The Morgan fingerprint density at radius 1 is 1.08 bits per heavy atom. The van der Waals surface area contributed by atoms with Gasteiger partial charge in [0.05, 0.1) is 43.8 Å². The highest BCUT2D eigenvalue weighted by atomic mass is 35.5. The number of carbonyl (C=O) groups is 1. The van der Waals surface area contributed by atoms with Crippen LogP contribution < -0.4 is 18.9 Å². The van der Waals surface area contributed by atoms with Crippen LogP contribution in [-0.4, -0.2) is 71.6 Å². The van der Waals surface area contributed by atoms with Gasteiger partial charge in [-0.3, -0.25) is 4.79 Å². The Labute approximate surface area is 217 Å². The number of halogens is 1. The average Bonchev–Trinajstić information content (AvgIpc) is 2.88. The standard InChI is InChI=1S/C25H33ClN2O7S/c1-6-35-21-10-9-19(14-20(21)26)36(30,31)28-11-7-8-18(16-28)25(29)27(2)15-17-12-22(32-3)24(34-5)23(13-17)33-4/h9-10,12-14,18H,6-8,11,15-16H2,1-5H3/t18-/m0/s1. The van der Waals surface area contributed by atoms with Gasteiger partial charge in [0.1, 0.15) is 5.75 Å². The number of benzene rings is 2. The van der Waals surface area contributed by atoms with Gasteiger partial charge in [0.2, 0.25) is 21.7 Å². The first-order valence-corrected chi connectivity index (χ1v) is 13.4. The van der Waals surface area contributed by atoms with Crippen molar-refractivity contribution in [3.63, 3.8) is 0 Å². The Morgan fingerprint density at radius 3 is 2.31 bits per heavy atom. The van der Waals surface area contributed by atoms with Crippen molar-refractivity contribution in [1.82, 2.24) is 9.21 Å². The topological polar surface area (TPSA) is 94.6 Å². The molecule has 0 spiro atoms. The van der Waals surface area contributed by atoms with Crippen LogP contribution in [0.4, 0.5) is 0 Å². The van der Waals surface area contributed by atoms with E-state index in [-0.39, 0.29) is 22.4 Å². The number of hydrogen-bond acceptors (Lipinski definition) is 7. The summed E-state index contributed by atoms with van der Waals surface area (Å²) in [5.74, 6) is 1.30. The SMILES string of the molecule is CCOc1ccc(S(=O)(=O)N2CCC[C@H](C(=O)N(C)Cc3cc(OC)c(OC)c(OC)c3)C2)cc1Cl. The number of piperidine rings is 1. The van der Waals surface area contributed by atoms with E-state index in [0.717, 1.165) is 5.56 Å². The van der Waals surface area contributed by atoms with E-state index in [9.17, 15) is 13.2 Å². The van der Waals surface area contributed by atoms with E-state index < -0.39 is 15.9 Å². The van der Waals surface area contributed by atoms with E-state index in [1.807, 2.05) is 6.92 Å². The fourth-order valence-electron chi connectivity index (χ4n) is 4.32. The summed E-state index contributed by atoms with van der Waals surface area (Å²) < 4.78 is 49.5. The molecule has 3 rings (SSSR count). The van der Waals surface area contributed by atoms with Gasteiger partial charge in [-0.25, -0.2) is 8.42 Å². The predicted octanol–water partition coefficient (Wildman–Crippen LogP) is 3.82. The maximum atomic E-state index is 13.3. The summed E-state index contributed by atoms with van der Waals surface area (Å²) >= 11 is 6.22. The number of carbonyl (C=O) groups excluding carboxylic acids is 1. The Morgan fingerprint density at radius 2 is 1.75 bits per heavy atom. The summed E-state index contributed by atoms with van der Waals surface area (Å²) in [4.78, 5) is 15.0. The summed E-state index contributed by atoms with van der Waals surface area (Å²) in [6, 6.07) is 8.01. The van der Waals surface area contributed by atoms with Gasteiger partial charge >= 0.3 is 0 Å². The molecule has 1 amide bonds. The van der Waals surface area contributed by atoms with Crippen molar-refractivity contribution in [1.29, 1.82) is 0 Å². The van der Waals surface area contributed by atoms with Gasteiger partial charge in [0.15, 0.2) is 11.5 Å².